The molecule has 70 valence electrons. The molecular formula is C10H11ClFN. The molecular weight excluding hydrogens is 189 g/mol. The summed E-state index contributed by atoms with van der Waals surface area (Å²) >= 11 is 5.82. The Labute approximate surface area is 82.2 Å². The van der Waals surface area contributed by atoms with Gasteiger partial charge >= 0.3 is 0 Å². The Hall–Kier alpha value is -1.02. The maximum Gasteiger partial charge on any atom is 0.125 e. The lowest BCUT2D eigenvalue weighted by molar-refractivity contribution is 0.628. The standard InChI is InChI=1S/C10H11ClFN/c1-2-3-6-13-10-7-8(12)4-5-9(10)11/h2,4-5,7,13H,1,3,6H2. The van der Waals surface area contributed by atoms with Crippen LogP contribution in [-0.2, 0) is 0 Å². The van der Waals surface area contributed by atoms with Gasteiger partial charge in [-0.2, -0.15) is 0 Å². The molecule has 1 N–H and O–H groups in total. The first-order valence-electron chi connectivity index (χ1n) is 4.04. The van der Waals surface area contributed by atoms with E-state index in [0.717, 1.165) is 6.42 Å². The molecule has 3 heteroatoms. The fourth-order valence-electron chi connectivity index (χ4n) is 0.942. The Morgan fingerprint density at radius 2 is 2.31 bits per heavy atom. The Kier molecular flexibility index (Phi) is 3.77. The number of halogens is 2. The molecule has 0 aliphatic carbocycles. The molecule has 13 heavy (non-hydrogen) atoms. The number of hydrogen-bond donors (Lipinski definition) is 1. The summed E-state index contributed by atoms with van der Waals surface area (Å²) in [7, 11) is 0. The minimum atomic E-state index is -0.287. The number of anilines is 1. The Balaban J connectivity index is 2.64. The van der Waals surface area contributed by atoms with Crippen molar-refractivity contribution < 1.29 is 4.39 Å². The molecule has 1 rings (SSSR count). The van der Waals surface area contributed by atoms with Crippen molar-refractivity contribution in [3.8, 4) is 0 Å². The largest absolute Gasteiger partial charge is 0.383 e. The molecule has 0 spiro atoms. The van der Waals surface area contributed by atoms with Gasteiger partial charge in [0.25, 0.3) is 0 Å². The zero-order valence-electron chi connectivity index (χ0n) is 7.19. The summed E-state index contributed by atoms with van der Waals surface area (Å²) in [4.78, 5) is 0. The van der Waals surface area contributed by atoms with Crippen LogP contribution in [0.5, 0.6) is 0 Å². The van der Waals surface area contributed by atoms with Gasteiger partial charge in [0.15, 0.2) is 0 Å². The second-order valence-corrected chi connectivity index (χ2v) is 3.04. The van der Waals surface area contributed by atoms with Gasteiger partial charge in [0, 0.05) is 6.54 Å². The van der Waals surface area contributed by atoms with Gasteiger partial charge in [0.2, 0.25) is 0 Å². The normalized spacial score (nSPS) is 9.69. The number of benzene rings is 1. The molecule has 0 aliphatic rings. The van der Waals surface area contributed by atoms with Crippen LogP contribution in [0, 0.1) is 5.82 Å². The zero-order valence-corrected chi connectivity index (χ0v) is 7.94. The average Bonchev–Trinajstić information content (AvgIpc) is 2.11. The predicted octanol–water partition coefficient (Wildman–Crippen LogP) is 3.47. The van der Waals surface area contributed by atoms with E-state index in [-0.39, 0.29) is 5.82 Å². The molecule has 0 amide bonds. The summed E-state index contributed by atoms with van der Waals surface area (Å²) in [6.07, 6.45) is 2.62. The van der Waals surface area contributed by atoms with Crippen LogP contribution in [0.4, 0.5) is 10.1 Å². The quantitative estimate of drug-likeness (QED) is 0.579. The lowest BCUT2D eigenvalue weighted by Crippen LogP contribution is -2.00. The maximum atomic E-state index is 12.7. The van der Waals surface area contributed by atoms with Crippen molar-refractivity contribution in [2.24, 2.45) is 0 Å². The molecule has 1 nitrogen and oxygen atoms in total. The van der Waals surface area contributed by atoms with Gasteiger partial charge in [-0.25, -0.2) is 4.39 Å². The molecule has 0 bridgehead atoms. The van der Waals surface area contributed by atoms with E-state index >= 15 is 0 Å². The van der Waals surface area contributed by atoms with E-state index in [1.807, 2.05) is 0 Å². The van der Waals surface area contributed by atoms with Gasteiger partial charge in [-0.05, 0) is 24.6 Å². The summed E-state index contributed by atoms with van der Waals surface area (Å²) in [6, 6.07) is 4.25. The smallest absolute Gasteiger partial charge is 0.125 e. The van der Waals surface area contributed by atoms with Crippen molar-refractivity contribution >= 4 is 17.3 Å². The highest BCUT2D eigenvalue weighted by molar-refractivity contribution is 6.33. The lowest BCUT2D eigenvalue weighted by Gasteiger charge is -2.06. The number of rotatable bonds is 4. The van der Waals surface area contributed by atoms with E-state index in [1.54, 1.807) is 6.08 Å². The average molecular weight is 200 g/mol. The van der Waals surface area contributed by atoms with Crippen LogP contribution in [0.1, 0.15) is 6.42 Å². The first kappa shape index (κ1) is 10.1. The summed E-state index contributed by atoms with van der Waals surface area (Å²) in [5, 5.41) is 3.54. The molecule has 0 unspecified atom stereocenters. The highest BCUT2D eigenvalue weighted by Gasteiger charge is 1.99. The van der Waals surface area contributed by atoms with Crippen LogP contribution >= 0.6 is 11.6 Å². The third kappa shape index (κ3) is 3.07. The fraction of sp³-hybridized carbons (Fsp3) is 0.200. The van der Waals surface area contributed by atoms with Crippen molar-refractivity contribution in [3.63, 3.8) is 0 Å². The van der Waals surface area contributed by atoms with E-state index in [2.05, 4.69) is 11.9 Å². The van der Waals surface area contributed by atoms with E-state index in [9.17, 15) is 4.39 Å². The number of nitrogens with one attached hydrogen (secondary N) is 1. The summed E-state index contributed by atoms with van der Waals surface area (Å²) in [5.74, 6) is -0.287. The third-order valence-corrected chi connectivity index (χ3v) is 1.92. The van der Waals surface area contributed by atoms with E-state index in [4.69, 9.17) is 11.6 Å². The van der Waals surface area contributed by atoms with Gasteiger partial charge in [-0.15, -0.1) is 6.58 Å². The Morgan fingerprint density at radius 3 is 3.00 bits per heavy atom. The van der Waals surface area contributed by atoms with Crippen molar-refractivity contribution in [1.82, 2.24) is 0 Å². The van der Waals surface area contributed by atoms with Crippen molar-refractivity contribution in [1.29, 1.82) is 0 Å². The Morgan fingerprint density at radius 1 is 1.54 bits per heavy atom. The molecule has 1 aromatic carbocycles. The molecule has 0 saturated carbocycles. The minimum absolute atomic E-state index is 0.287. The topological polar surface area (TPSA) is 12.0 Å². The third-order valence-electron chi connectivity index (χ3n) is 1.59. The first-order chi connectivity index (χ1) is 6.24. The van der Waals surface area contributed by atoms with E-state index in [0.29, 0.717) is 17.3 Å². The highest BCUT2D eigenvalue weighted by atomic mass is 35.5. The second-order valence-electron chi connectivity index (χ2n) is 2.63. The molecule has 0 saturated heterocycles. The molecule has 0 atom stereocenters. The predicted molar refractivity (Wildman–Crippen MR) is 54.7 cm³/mol. The molecule has 0 aromatic heterocycles. The van der Waals surface area contributed by atoms with Gasteiger partial charge < -0.3 is 5.32 Å². The van der Waals surface area contributed by atoms with Gasteiger partial charge in [0.1, 0.15) is 5.82 Å². The SMILES string of the molecule is C=CCCNc1cc(F)ccc1Cl. The first-order valence-corrected chi connectivity index (χ1v) is 4.41. The lowest BCUT2D eigenvalue weighted by atomic mass is 10.3. The summed E-state index contributed by atoms with van der Waals surface area (Å²) in [6.45, 7) is 4.30. The number of hydrogen-bond acceptors (Lipinski definition) is 1. The van der Waals surface area contributed by atoms with Crippen LogP contribution < -0.4 is 5.32 Å². The van der Waals surface area contributed by atoms with Crippen LogP contribution in [0.3, 0.4) is 0 Å². The molecule has 0 fully saturated rings. The van der Waals surface area contributed by atoms with Crippen LogP contribution in [-0.4, -0.2) is 6.54 Å². The molecule has 0 heterocycles. The highest BCUT2D eigenvalue weighted by Crippen LogP contribution is 2.22. The van der Waals surface area contributed by atoms with Gasteiger partial charge in [-0.3, -0.25) is 0 Å². The molecule has 0 radical (unpaired) electrons. The second kappa shape index (κ2) is 4.87. The van der Waals surface area contributed by atoms with Crippen LogP contribution in [0.15, 0.2) is 30.9 Å². The van der Waals surface area contributed by atoms with Crippen molar-refractivity contribution in [2.75, 3.05) is 11.9 Å². The fourth-order valence-corrected chi connectivity index (χ4v) is 1.13. The maximum absolute atomic E-state index is 12.7. The molecule has 0 aliphatic heterocycles. The molecule has 1 aromatic rings. The summed E-state index contributed by atoms with van der Waals surface area (Å²) < 4.78 is 12.7. The Bertz CT molecular complexity index is 299. The summed E-state index contributed by atoms with van der Waals surface area (Å²) in [5.41, 5.74) is 0.628. The van der Waals surface area contributed by atoms with Crippen molar-refractivity contribution in [3.05, 3.63) is 41.7 Å². The van der Waals surface area contributed by atoms with Crippen molar-refractivity contribution in [2.45, 2.75) is 6.42 Å². The van der Waals surface area contributed by atoms with Crippen LogP contribution in [0.25, 0.3) is 0 Å². The van der Waals surface area contributed by atoms with E-state index in [1.165, 1.54) is 18.2 Å². The van der Waals surface area contributed by atoms with Gasteiger partial charge in [0.05, 0.1) is 10.7 Å². The van der Waals surface area contributed by atoms with Crippen LogP contribution in [0.2, 0.25) is 5.02 Å². The minimum Gasteiger partial charge on any atom is -0.383 e. The van der Waals surface area contributed by atoms with Gasteiger partial charge in [-0.1, -0.05) is 17.7 Å². The zero-order chi connectivity index (χ0) is 9.68. The monoisotopic (exact) mass is 199 g/mol. The van der Waals surface area contributed by atoms with E-state index < -0.39 is 0 Å².